The summed E-state index contributed by atoms with van der Waals surface area (Å²) in [5.41, 5.74) is 0. The Bertz CT molecular complexity index is 713. The fraction of sp³-hybridized carbons (Fsp3) is 0.231. The minimum atomic E-state index is -1.42. The van der Waals surface area contributed by atoms with Gasteiger partial charge >= 0.3 is 0 Å². The molecule has 0 aromatic carbocycles. The number of amides is 1. The number of rotatable bonds is 5. The Kier molecular flexibility index (Phi) is 4.40. The average Bonchev–Trinajstić information content (AvgIpc) is 3.09. The van der Waals surface area contributed by atoms with Gasteiger partial charge in [0.15, 0.2) is 11.7 Å². The number of aromatic nitrogens is 2. The molecule has 8 heteroatoms. The standard InChI is InChI=1S/C13H11ClN4O3/c1-16-13(20)10(4-15)12(19)11-3-2-9(21-11)7-18-6-8(14)5-17-18/h2-3,5-6,10H,7H2,1H3,(H,16,20)/t10-/m0/s1. The summed E-state index contributed by atoms with van der Waals surface area (Å²) in [7, 11) is 1.36. The minimum absolute atomic E-state index is 0.0431. The quantitative estimate of drug-likeness (QED) is 0.661. The Morgan fingerprint density at radius 3 is 2.90 bits per heavy atom. The van der Waals surface area contributed by atoms with Gasteiger partial charge in [-0.15, -0.1) is 0 Å². The van der Waals surface area contributed by atoms with Crippen LogP contribution in [0.5, 0.6) is 0 Å². The zero-order valence-corrected chi connectivity index (χ0v) is 11.8. The molecular weight excluding hydrogens is 296 g/mol. The Balaban J connectivity index is 2.14. The Morgan fingerprint density at radius 1 is 1.57 bits per heavy atom. The number of carbonyl (C=O) groups excluding carboxylic acids is 2. The van der Waals surface area contributed by atoms with E-state index in [2.05, 4.69) is 10.4 Å². The van der Waals surface area contributed by atoms with E-state index in [1.807, 2.05) is 0 Å². The van der Waals surface area contributed by atoms with E-state index in [9.17, 15) is 9.59 Å². The van der Waals surface area contributed by atoms with Crippen LogP contribution in [0.3, 0.4) is 0 Å². The Morgan fingerprint density at radius 2 is 2.33 bits per heavy atom. The van der Waals surface area contributed by atoms with E-state index in [-0.39, 0.29) is 12.3 Å². The van der Waals surface area contributed by atoms with Crippen molar-refractivity contribution in [2.24, 2.45) is 5.92 Å². The molecule has 1 atom stereocenters. The molecule has 0 saturated carbocycles. The van der Waals surface area contributed by atoms with E-state index in [1.54, 1.807) is 18.3 Å². The first-order valence-electron chi connectivity index (χ1n) is 5.97. The Labute approximate surface area is 125 Å². The lowest BCUT2D eigenvalue weighted by Crippen LogP contribution is -2.31. The van der Waals surface area contributed by atoms with Gasteiger partial charge in [0.1, 0.15) is 5.76 Å². The largest absolute Gasteiger partial charge is 0.456 e. The highest BCUT2D eigenvalue weighted by Gasteiger charge is 2.29. The summed E-state index contributed by atoms with van der Waals surface area (Å²) in [6.07, 6.45) is 3.09. The molecule has 0 bridgehead atoms. The van der Waals surface area contributed by atoms with Crippen LogP contribution in [0.15, 0.2) is 28.9 Å². The predicted octanol–water partition coefficient (Wildman–Crippen LogP) is 1.25. The molecule has 0 fully saturated rings. The van der Waals surface area contributed by atoms with E-state index in [4.69, 9.17) is 21.3 Å². The van der Waals surface area contributed by atoms with E-state index < -0.39 is 17.6 Å². The van der Waals surface area contributed by atoms with Crippen molar-refractivity contribution in [1.29, 1.82) is 5.26 Å². The van der Waals surface area contributed by atoms with Crippen molar-refractivity contribution in [3.05, 3.63) is 41.1 Å². The van der Waals surface area contributed by atoms with Crippen LogP contribution in [-0.4, -0.2) is 28.5 Å². The molecule has 7 nitrogen and oxygen atoms in total. The number of carbonyl (C=O) groups is 2. The number of Topliss-reactive ketones (excluding diaryl/α,β-unsaturated/α-hetero) is 1. The van der Waals surface area contributed by atoms with Crippen LogP contribution in [0, 0.1) is 17.2 Å². The lowest BCUT2D eigenvalue weighted by molar-refractivity contribution is -0.121. The summed E-state index contributed by atoms with van der Waals surface area (Å²) >= 11 is 5.74. The number of hydrogen-bond acceptors (Lipinski definition) is 5. The Hall–Kier alpha value is -2.59. The van der Waals surface area contributed by atoms with Crippen molar-refractivity contribution in [3.63, 3.8) is 0 Å². The summed E-state index contributed by atoms with van der Waals surface area (Å²) < 4.78 is 6.89. The van der Waals surface area contributed by atoms with Crippen molar-refractivity contribution in [2.45, 2.75) is 6.54 Å². The minimum Gasteiger partial charge on any atom is -0.456 e. The van der Waals surface area contributed by atoms with Crippen LogP contribution in [0.4, 0.5) is 0 Å². The SMILES string of the molecule is CNC(=O)[C@@H](C#N)C(=O)c1ccc(Cn2cc(Cl)cn2)o1. The molecule has 0 spiro atoms. The number of ketones is 1. The van der Waals surface area contributed by atoms with Crippen molar-refractivity contribution in [2.75, 3.05) is 7.05 Å². The molecule has 2 aromatic rings. The van der Waals surface area contributed by atoms with Crippen LogP contribution in [0.1, 0.15) is 16.3 Å². The molecule has 0 aliphatic heterocycles. The summed E-state index contributed by atoms with van der Waals surface area (Å²) in [5.74, 6) is -2.35. The third-order valence-electron chi connectivity index (χ3n) is 2.72. The zero-order valence-electron chi connectivity index (χ0n) is 11.0. The number of hydrogen-bond donors (Lipinski definition) is 1. The van der Waals surface area contributed by atoms with Gasteiger partial charge in [0.05, 0.1) is 23.8 Å². The molecule has 21 heavy (non-hydrogen) atoms. The summed E-state index contributed by atoms with van der Waals surface area (Å²) in [4.78, 5) is 23.5. The van der Waals surface area contributed by atoms with Gasteiger partial charge in [0, 0.05) is 13.2 Å². The van der Waals surface area contributed by atoms with Gasteiger partial charge in [-0.25, -0.2) is 0 Å². The van der Waals surface area contributed by atoms with Crippen LogP contribution < -0.4 is 5.32 Å². The summed E-state index contributed by atoms with van der Waals surface area (Å²) in [6, 6.07) is 4.67. The molecule has 108 valence electrons. The normalized spacial score (nSPS) is 11.7. The second kappa shape index (κ2) is 6.24. The summed E-state index contributed by atoms with van der Waals surface area (Å²) in [6.45, 7) is 0.289. The highest BCUT2D eigenvalue weighted by Crippen LogP contribution is 2.15. The molecular formula is C13H11ClN4O3. The van der Waals surface area contributed by atoms with Crippen molar-refractivity contribution >= 4 is 23.3 Å². The third-order valence-corrected chi connectivity index (χ3v) is 2.92. The molecule has 2 rings (SSSR count). The first-order chi connectivity index (χ1) is 10.0. The maximum absolute atomic E-state index is 12.0. The number of furan rings is 1. The highest BCUT2D eigenvalue weighted by atomic mass is 35.5. The average molecular weight is 307 g/mol. The summed E-state index contributed by atoms with van der Waals surface area (Å²) in [5, 5.41) is 15.6. The number of nitriles is 1. The van der Waals surface area contributed by atoms with Gasteiger partial charge in [-0.1, -0.05) is 11.6 Å². The fourth-order valence-electron chi connectivity index (χ4n) is 1.70. The van der Waals surface area contributed by atoms with Crippen LogP contribution >= 0.6 is 11.6 Å². The molecule has 0 radical (unpaired) electrons. The van der Waals surface area contributed by atoms with Gasteiger partial charge in [-0.05, 0) is 12.1 Å². The molecule has 0 aliphatic carbocycles. The lowest BCUT2D eigenvalue weighted by atomic mass is 10.0. The fourth-order valence-corrected chi connectivity index (χ4v) is 1.86. The zero-order chi connectivity index (χ0) is 15.4. The van der Waals surface area contributed by atoms with Gasteiger partial charge < -0.3 is 9.73 Å². The smallest absolute Gasteiger partial charge is 0.245 e. The lowest BCUT2D eigenvalue weighted by Gasteiger charge is -2.04. The second-order valence-electron chi connectivity index (χ2n) is 4.16. The van der Waals surface area contributed by atoms with E-state index in [0.29, 0.717) is 10.8 Å². The van der Waals surface area contributed by atoms with E-state index >= 15 is 0 Å². The molecule has 2 heterocycles. The molecule has 1 N–H and O–H groups in total. The van der Waals surface area contributed by atoms with Gasteiger partial charge in [0.25, 0.3) is 0 Å². The van der Waals surface area contributed by atoms with Gasteiger partial charge in [0.2, 0.25) is 11.7 Å². The third kappa shape index (κ3) is 3.30. The topological polar surface area (TPSA) is 101 Å². The monoisotopic (exact) mass is 306 g/mol. The molecule has 0 saturated heterocycles. The first kappa shape index (κ1) is 14.8. The van der Waals surface area contributed by atoms with Crippen molar-refractivity contribution < 1.29 is 14.0 Å². The van der Waals surface area contributed by atoms with Gasteiger partial charge in [-0.3, -0.25) is 14.3 Å². The molecule has 0 aliphatic rings. The number of nitrogens with zero attached hydrogens (tertiary/aromatic N) is 3. The van der Waals surface area contributed by atoms with Crippen molar-refractivity contribution in [3.8, 4) is 6.07 Å². The predicted molar refractivity (Wildman–Crippen MR) is 72.5 cm³/mol. The number of halogens is 1. The number of nitrogens with one attached hydrogen (secondary N) is 1. The van der Waals surface area contributed by atoms with Crippen LogP contribution in [0.2, 0.25) is 5.02 Å². The van der Waals surface area contributed by atoms with Crippen LogP contribution in [-0.2, 0) is 11.3 Å². The molecule has 0 unspecified atom stereocenters. The maximum atomic E-state index is 12.0. The first-order valence-corrected chi connectivity index (χ1v) is 6.35. The van der Waals surface area contributed by atoms with Crippen molar-refractivity contribution in [1.82, 2.24) is 15.1 Å². The molecule has 1 amide bonds. The van der Waals surface area contributed by atoms with E-state index in [1.165, 1.54) is 24.0 Å². The maximum Gasteiger partial charge on any atom is 0.245 e. The van der Waals surface area contributed by atoms with E-state index in [0.717, 1.165) is 0 Å². The highest BCUT2D eigenvalue weighted by molar-refractivity contribution is 6.30. The van der Waals surface area contributed by atoms with Crippen LogP contribution in [0.25, 0.3) is 0 Å². The molecule has 2 aromatic heterocycles. The second-order valence-corrected chi connectivity index (χ2v) is 4.60. The van der Waals surface area contributed by atoms with Gasteiger partial charge in [-0.2, -0.15) is 10.4 Å².